The lowest BCUT2D eigenvalue weighted by molar-refractivity contribution is -0.122. The van der Waals surface area contributed by atoms with Crippen molar-refractivity contribution in [3.05, 3.63) is 77.5 Å². The number of anilines is 1. The Hall–Kier alpha value is -3.67. The number of aryl methyl sites for hydroxylation is 3. The van der Waals surface area contributed by atoms with Crippen molar-refractivity contribution in [1.29, 1.82) is 0 Å². The third kappa shape index (κ3) is 3.76. The third-order valence-corrected chi connectivity index (χ3v) is 5.06. The number of pyridine rings is 1. The van der Waals surface area contributed by atoms with Crippen LogP contribution >= 0.6 is 0 Å². The van der Waals surface area contributed by atoms with Crippen LogP contribution in [0.4, 0.5) is 5.69 Å². The van der Waals surface area contributed by atoms with Crippen LogP contribution in [0.2, 0.25) is 0 Å². The number of amides is 1. The van der Waals surface area contributed by atoms with Crippen molar-refractivity contribution in [2.24, 2.45) is 0 Å². The molecule has 0 spiro atoms. The van der Waals surface area contributed by atoms with Crippen LogP contribution in [-0.2, 0) is 4.79 Å². The molecule has 2 aromatic heterocycles. The van der Waals surface area contributed by atoms with E-state index in [0.29, 0.717) is 11.5 Å². The minimum atomic E-state index is -0.705. The van der Waals surface area contributed by atoms with Crippen molar-refractivity contribution >= 4 is 22.6 Å². The lowest BCUT2D eigenvalue weighted by atomic mass is 10.1. The van der Waals surface area contributed by atoms with Gasteiger partial charge in [0.15, 0.2) is 11.8 Å². The Morgan fingerprint density at radius 3 is 2.43 bits per heavy atom. The predicted octanol–water partition coefficient (Wildman–Crippen LogP) is 4.75. The Balaban J connectivity index is 1.63. The molecular formula is C24H24N4O2. The van der Waals surface area contributed by atoms with Crippen LogP contribution in [0.15, 0.2) is 60.7 Å². The average Bonchev–Trinajstić information content (AvgIpc) is 3.07. The van der Waals surface area contributed by atoms with Gasteiger partial charge in [-0.25, -0.2) is 4.68 Å². The van der Waals surface area contributed by atoms with Gasteiger partial charge in [-0.3, -0.25) is 4.79 Å². The largest absolute Gasteiger partial charge is 0.464 e. The van der Waals surface area contributed by atoms with Gasteiger partial charge in [0, 0.05) is 17.1 Å². The molecule has 0 aliphatic carbocycles. The number of nitrogens with zero attached hydrogens (tertiary/aromatic N) is 3. The fourth-order valence-electron chi connectivity index (χ4n) is 3.47. The zero-order valence-corrected chi connectivity index (χ0v) is 17.5. The number of aromatic nitrogens is 3. The highest BCUT2D eigenvalue weighted by atomic mass is 16.5. The molecule has 1 N–H and O–H groups in total. The molecule has 6 nitrogen and oxygen atoms in total. The highest BCUT2D eigenvalue weighted by Gasteiger charge is 2.19. The molecule has 2 aromatic carbocycles. The summed E-state index contributed by atoms with van der Waals surface area (Å²) in [6.07, 6.45) is -0.705. The third-order valence-electron chi connectivity index (χ3n) is 5.06. The van der Waals surface area contributed by atoms with Crippen molar-refractivity contribution in [3.63, 3.8) is 0 Å². The predicted molar refractivity (Wildman–Crippen MR) is 118 cm³/mol. The molecule has 0 radical (unpaired) electrons. The summed E-state index contributed by atoms with van der Waals surface area (Å²) in [4.78, 5) is 17.3. The summed E-state index contributed by atoms with van der Waals surface area (Å²) in [6, 6.07) is 19.3. The Morgan fingerprint density at radius 2 is 1.70 bits per heavy atom. The lowest BCUT2D eigenvalue weighted by Crippen LogP contribution is -2.30. The summed E-state index contributed by atoms with van der Waals surface area (Å²) in [5.41, 5.74) is 5.30. The molecule has 0 saturated carbocycles. The van der Waals surface area contributed by atoms with Gasteiger partial charge < -0.3 is 10.1 Å². The van der Waals surface area contributed by atoms with Gasteiger partial charge in [-0.15, -0.1) is 0 Å². The van der Waals surface area contributed by atoms with E-state index in [-0.39, 0.29) is 5.91 Å². The fourth-order valence-corrected chi connectivity index (χ4v) is 3.47. The van der Waals surface area contributed by atoms with E-state index in [2.05, 4.69) is 15.4 Å². The summed E-state index contributed by atoms with van der Waals surface area (Å²) in [6.45, 7) is 7.63. The quantitative estimate of drug-likeness (QED) is 0.525. The topological polar surface area (TPSA) is 69.0 Å². The van der Waals surface area contributed by atoms with Gasteiger partial charge in [-0.1, -0.05) is 36.4 Å². The minimum Gasteiger partial charge on any atom is -0.464 e. The number of carbonyl (C=O) groups is 1. The monoisotopic (exact) mass is 400 g/mol. The molecule has 0 aliphatic rings. The SMILES string of the molecule is Cc1ccccc1NC(=O)C(C)Oc1cc(C)c2c(C)nn(-c3ccccc3)c2n1. The first-order valence-corrected chi connectivity index (χ1v) is 9.89. The van der Waals surface area contributed by atoms with Crippen molar-refractivity contribution in [2.75, 3.05) is 5.32 Å². The maximum absolute atomic E-state index is 12.6. The molecule has 152 valence electrons. The normalized spacial score (nSPS) is 12.0. The molecular weight excluding hydrogens is 376 g/mol. The molecule has 0 fully saturated rings. The first-order chi connectivity index (χ1) is 14.4. The highest BCUT2D eigenvalue weighted by Crippen LogP contribution is 2.27. The maximum atomic E-state index is 12.6. The Morgan fingerprint density at radius 1 is 1.00 bits per heavy atom. The van der Waals surface area contributed by atoms with Gasteiger partial charge in [0.1, 0.15) is 0 Å². The van der Waals surface area contributed by atoms with E-state index in [1.165, 1.54) is 0 Å². The summed E-state index contributed by atoms with van der Waals surface area (Å²) >= 11 is 0. The van der Waals surface area contributed by atoms with E-state index in [0.717, 1.165) is 33.6 Å². The zero-order chi connectivity index (χ0) is 21.3. The number of hydrogen-bond donors (Lipinski definition) is 1. The Kier molecular flexibility index (Phi) is 5.23. The van der Waals surface area contributed by atoms with E-state index < -0.39 is 6.10 Å². The van der Waals surface area contributed by atoms with Crippen molar-refractivity contribution in [3.8, 4) is 11.6 Å². The first-order valence-electron chi connectivity index (χ1n) is 9.89. The molecule has 1 atom stereocenters. The van der Waals surface area contributed by atoms with Crippen LogP contribution < -0.4 is 10.1 Å². The number of ether oxygens (including phenoxy) is 1. The second-order valence-corrected chi connectivity index (χ2v) is 7.37. The number of fused-ring (bicyclic) bond motifs is 1. The molecule has 0 bridgehead atoms. The second kappa shape index (κ2) is 7.99. The van der Waals surface area contributed by atoms with Crippen LogP contribution in [-0.4, -0.2) is 26.8 Å². The summed E-state index contributed by atoms with van der Waals surface area (Å²) < 4.78 is 7.72. The van der Waals surface area contributed by atoms with Gasteiger partial charge >= 0.3 is 0 Å². The van der Waals surface area contributed by atoms with E-state index in [1.807, 2.05) is 86.1 Å². The molecule has 30 heavy (non-hydrogen) atoms. The molecule has 4 aromatic rings. The molecule has 1 amide bonds. The molecule has 0 aliphatic heterocycles. The van der Waals surface area contributed by atoms with Crippen molar-refractivity contribution in [1.82, 2.24) is 14.8 Å². The molecule has 4 rings (SSSR count). The number of benzene rings is 2. The van der Waals surface area contributed by atoms with Crippen LogP contribution in [0, 0.1) is 20.8 Å². The first kappa shape index (κ1) is 19.6. The van der Waals surface area contributed by atoms with E-state index >= 15 is 0 Å². The van der Waals surface area contributed by atoms with E-state index in [4.69, 9.17) is 4.74 Å². The van der Waals surface area contributed by atoms with Gasteiger partial charge in [-0.05, 0) is 57.0 Å². The number of nitrogens with one attached hydrogen (secondary N) is 1. The van der Waals surface area contributed by atoms with Crippen molar-refractivity contribution in [2.45, 2.75) is 33.8 Å². The van der Waals surface area contributed by atoms with Gasteiger partial charge in [-0.2, -0.15) is 10.1 Å². The zero-order valence-electron chi connectivity index (χ0n) is 17.5. The highest BCUT2D eigenvalue weighted by molar-refractivity contribution is 5.94. The summed E-state index contributed by atoms with van der Waals surface area (Å²) in [5.74, 6) is 0.168. The average molecular weight is 400 g/mol. The number of hydrogen-bond acceptors (Lipinski definition) is 4. The maximum Gasteiger partial charge on any atom is 0.265 e. The van der Waals surface area contributed by atoms with Gasteiger partial charge in [0.25, 0.3) is 5.91 Å². The van der Waals surface area contributed by atoms with Crippen LogP contribution in [0.1, 0.15) is 23.7 Å². The summed E-state index contributed by atoms with van der Waals surface area (Å²) in [7, 11) is 0. The van der Waals surface area contributed by atoms with Crippen LogP contribution in [0.5, 0.6) is 5.88 Å². The van der Waals surface area contributed by atoms with Gasteiger partial charge in [0.05, 0.1) is 11.4 Å². The number of carbonyl (C=O) groups excluding carboxylic acids is 1. The van der Waals surface area contributed by atoms with Crippen molar-refractivity contribution < 1.29 is 9.53 Å². The van der Waals surface area contributed by atoms with Crippen LogP contribution in [0.25, 0.3) is 16.7 Å². The second-order valence-electron chi connectivity index (χ2n) is 7.37. The van der Waals surface area contributed by atoms with Crippen LogP contribution in [0.3, 0.4) is 0 Å². The standard InChI is InChI=1S/C24H24N4O2/c1-15-10-8-9-13-20(15)25-24(29)18(4)30-21-14-16(2)22-17(3)27-28(23(22)26-21)19-11-6-5-7-12-19/h5-14,18H,1-4H3,(H,25,29). The smallest absolute Gasteiger partial charge is 0.265 e. The van der Waals surface area contributed by atoms with Gasteiger partial charge in [0.2, 0.25) is 5.88 Å². The Bertz CT molecular complexity index is 1210. The van der Waals surface area contributed by atoms with E-state index in [1.54, 1.807) is 6.92 Å². The number of para-hydroxylation sites is 2. The summed E-state index contributed by atoms with van der Waals surface area (Å²) in [5, 5.41) is 8.56. The number of rotatable bonds is 5. The molecule has 1 unspecified atom stereocenters. The lowest BCUT2D eigenvalue weighted by Gasteiger charge is -2.16. The minimum absolute atomic E-state index is 0.225. The molecule has 6 heteroatoms. The van der Waals surface area contributed by atoms with E-state index in [9.17, 15) is 4.79 Å². The molecule has 0 saturated heterocycles. The molecule has 2 heterocycles. The Labute approximate surface area is 175 Å². The fraction of sp³-hybridized carbons (Fsp3) is 0.208.